The van der Waals surface area contributed by atoms with Crippen LogP contribution in [-0.4, -0.2) is 17.7 Å². The van der Waals surface area contributed by atoms with Crippen molar-refractivity contribution >= 4 is 11.9 Å². The van der Waals surface area contributed by atoms with E-state index >= 15 is 0 Å². The largest absolute Gasteiger partial charge is 0.370 e. The van der Waals surface area contributed by atoms with E-state index in [0.29, 0.717) is 12.4 Å². The zero-order valence-electron chi connectivity index (χ0n) is 15.0. The van der Waals surface area contributed by atoms with E-state index in [1.165, 1.54) is 5.56 Å². The molecule has 0 saturated carbocycles. The third-order valence-corrected chi connectivity index (χ3v) is 4.39. The second-order valence-electron chi connectivity index (χ2n) is 6.47. The minimum atomic E-state index is -0.973. The van der Waals surface area contributed by atoms with Gasteiger partial charge in [-0.25, -0.2) is 9.98 Å². The lowest BCUT2D eigenvalue weighted by Crippen LogP contribution is -2.65. The number of hydrogen-bond acceptors (Lipinski definition) is 4. The van der Waals surface area contributed by atoms with Crippen LogP contribution in [-0.2, 0) is 6.42 Å². The van der Waals surface area contributed by atoms with Crippen LogP contribution >= 0.6 is 0 Å². The highest BCUT2D eigenvalue weighted by atomic mass is 15.4. The van der Waals surface area contributed by atoms with E-state index < -0.39 is 5.79 Å². The smallest absolute Gasteiger partial charge is 0.201 e. The Labute approximate surface area is 154 Å². The lowest BCUT2D eigenvalue weighted by molar-refractivity contribution is 0.368. The van der Waals surface area contributed by atoms with Crippen LogP contribution in [0.4, 0.5) is 0 Å². The number of nitrogens with one attached hydrogen (secondary N) is 2. The molecule has 1 aliphatic heterocycles. The molecule has 3 rings (SSSR count). The maximum atomic E-state index is 6.44. The molecule has 136 valence electrons. The van der Waals surface area contributed by atoms with Crippen LogP contribution in [0.1, 0.15) is 36.9 Å². The first kappa shape index (κ1) is 17.9. The summed E-state index contributed by atoms with van der Waals surface area (Å²) >= 11 is 0. The Hall–Kier alpha value is -2.86. The molecule has 1 heterocycles. The molecule has 0 aliphatic carbocycles. The van der Waals surface area contributed by atoms with Gasteiger partial charge in [-0.05, 0) is 24.0 Å². The average Bonchev–Trinajstić information content (AvgIpc) is 2.65. The topological polar surface area (TPSA) is 101 Å². The minimum Gasteiger partial charge on any atom is -0.370 e. The second-order valence-corrected chi connectivity index (χ2v) is 6.47. The number of nitrogens with zero attached hydrogens (tertiary/aromatic N) is 2. The summed E-state index contributed by atoms with van der Waals surface area (Å²) in [5.74, 6) is -0.136. The highest BCUT2D eigenvalue weighted by Crippen LogP contribution is 2.21. The fourth-order valence-corrected chi connectivity index (χ4v) is 3.02. The first-order valence-electron chi connectivity index (χ1n) is 8.94. The summed E-state index contributed by atoms with van der Waals surface area (Å²) in [4.78, 5) is 9.13. The molecule has 2 aromatic rings. The van der Waals surface area contributed by atoms with Gasteiger partial charge in [-0.2, -0.15) is 0 Å². The lowest BCUT2D eigenvalue weighted by Gasteiger charge is -2.33. The van der Waals surface area contributed by atoms with Crippen LogP contribution in [0.25, 0.3) is 0 Å². The molecule has 0 fully saturated rings. The van der Waals surface area contributed by atoms with Gasteiger partial charge < -0.3 is 11.1 Å². The third kappa shape index (κ3) is 4.61. The Bertz CT molecular complexity index is 771. The zero-order valence-corrected chi connectivity index (χ0v) is 15.0. The highest BCUT2D eigenvalue weighted by Gasteiger charge is 2.30. The van der Waals surface area contributed by atoms with Crippen LogP contribution in [0, 0.1) is 0 Å². The van der Waals surface area contributed by atoms with E-state index in [9.17, 15) is 0 Å². The van der Waals surface area contributed by atoms with Crippen molar-refractivity contribution in [3.05, 3.63) is 71.8 Å². The van der Waals surface area contributed by atoms with E-state index in [2.05, 4.69) is 46.8 Å². The number of benzene rings is 2. The van der Waals surface area contributed by atoms with Gasteiger partial charge in [0.05, 0.1) is 6.04 Å². The van der Waals surface area contributed by atoms with Crippen molar-refractivity contribution in [2.24, 2.45) is 21.5 Å². The Balaban J connectivity index is 1.75. The van der Waals surface area contributed by atoms with Crippen molar-refractivity contribution in [1.82, 2.24) is 10.6 Å². The summed E-state index contributed by atoms with van der Waals surface area (Å²) in [7, 11) is 0. The third-order valence-electron chi connectivity index (χ3n) is 4.39. The summed E-state index contributed by atoms with van der Waals surface area (Å²) in [6.45, 7) is 2.10. The maximum absolute atomic E-state index is 6.44. The number of aliphatic imine (C=N–C) groups is 2. The minimum absolute atomic E-state index is 0.0236. The molecule has 2 atom stereocenters. The molecule has 1 aliphatic rings. The molecule has 0 amide bonds. The molecule has 0 saturated heterocycles. The number of hydrogen-bond donors (Lipinski definition) is 4. The van der Waals surface area contributed by atoms with Crippen molar-refractivity contribution in [3.63, 3.8) is 0 Å². The predicted octanol–water partition coefficient (Wildman–Crippen LogP) is 2.25. The Morgan fingerprint density at radius 2 is 1.73 bits per heavy atom. The fraction of sp³-hybridized carbons (Fsp3) is 0.300. The Morgan fingerprint density at radius 1 is 1.08 bits per heavy atom. The fourth-order valence-electron chi connectivity index (χ4n) is 3.02. The molecule has 2 aromatic carbocycles. The molecule has 0 aromatic heterocycles. The van der Waals surface area contributed by atoms with Gasteiger partial charge in [0.2, 0.25) is 5.96 Å². The number of guanidine groups is 2. The van der Waals surface area contributed by atoms with E-state index in [0.717, 1.165) is 18.4 Å². The van der Waals surface area contributed by atoms with Crippen molar-refractivity contribution in [3.8, 4) is 0 Å². The standard InChI is InChI=1S/C20H26N6/c1-2-17(16-11-7-4-8-12-16)23-19-24-18(21)25-20(22,26-19)14-13-15-9-5-3-6-10-15/h3-12,17H,2,13-14,22H2,1H3,(H4,21,23,24,25,26)/t17-,20?/m0/s1. The normalized spacial score (nSPS) is 22.2. The number of aryl methyl sites for hydroxylation is 1. The predicted molar refractivity (Wildman–Crippen MR) is 106 cm³/mol. The lowest BCUT2D eigenvalue weighted by atomic mass is 10.1. The summed E-state index contributed by atoms with van der Waals surface area (Å²) in [6.07, 6.45) is 2.28. The van der Waals surface area contributed by atoms with Gasteiger partial charge in [0.15, 0.2) is 11.7 Å². The van der Waals surface area contributed by atoms with Crippen molar-refractivity contribution in [2.75, 3.05) is 0 Å². The highest BCUT2D eigenvalue weighted by molar-refractivity contribution is 6.00. The monoisotopic (exact) mass is 350 g/mol. The zero-order chi connectivity index (χ0) is 18.4. The summed E-state index contributed by atoms with van der Waals surface area (Å²) in [5.41, 5.74) is 14.8. The van der Waals surface area contributed by atoms with E-state index in [-0.39, 0.29) is 12.0 Å². The van der Waals surface area contributed by atoms with Gasteiger partial charge in [0, 0.05) is 6.42 Å². The van der Waals surface area contributed by atoms with Crippen molar-refractivity contribution < 1.29 is 0 Å². The van der Waals surface area contributed by atoms with Gasteiger partial charge in [-0.15, -0.1) is 0 Å². The molecule has 6 N–H and O–H groups in total. The SMILES string of the molecule is CC[C@H](N=C1NC(N)=NC(N)(CCc2ccccc2)N1)c1ccccc1. The van der Waals surface area contributed by atoms with Crippen LogP contribution in [0.5, 0.6) is 0 Å². The molecule has 0 spiro atoms. The molecule has 1 unspecified atom stereocenters. The molecular formula is C20H26N6. The Morgan fingerprint density at radius 3 is 2.38 bits per heavy atom. The summed E-state index contributed by atoms with van der Waals surface area (Å²) in [6, 6.07) is 20.4. The van der Waals surface area contributed by atoms with Crippen LogP contribution in [0.15, 0.2) is 70.6 Å². The van der Waals surface area contributed by atoms with Crippen molar-refractivity contribution in [2.45, 2.75) is 38.0 Å². The van der Waals surface area contributed by atoms with Gasteiger partial charge >= 0.3 is 0 Å². The van der Waals surface area contributed by atoms with Gasteiger partial charge in [0.1, 0.15) is 0 Å². The van der Waals surface area contributed by atoms with Crippen LogP contribution in [0.2, 0.25) is 0 Å². The first-order chi connectivity index (χ1) is 12.6. The quantitative estimate of drug-likeness (QED) is 0.642. The molecule has 6 nitrogen and oxygen atoms in total. The average molecular weight is 350 g/mol. The molecule has 0 bridgehead atoms. The Kier molecular flexibility index (Phi) is 5.53. The van der Waals surface area contributed by atoms with Crippen LogP contribution in [0.3, 0.4) is 0 Å². The summed E-state index contributed by atoms with van der Waals surface area (Å²) < 4.78 is 0. The maximum Gasteiger partial charge on any atom is 0.201 e. The van der Waals surface area contributed by atoms with E-state index in [1.54, 1.807) is 0 Å². The number of nitrogens with two attached hydrogens (primary N) is 2. The van der Waals surface area contributed by atoms with Gasteiger partial charge in [-0.1, -0.05) is 67.6 Å². The van der Waals surface area contributed by atoms with Gasteiger partial charge in [-0.3, -0.25) is 11.1 Å². The molecule has 26 heavy (non-hydrogen) atoms. The second kappa shape index (κ2) is 8.01. The van der Waals surface area contributed by atoms with Gasteiger partial charge in [0.25, 0.3) is 0 Å². The van der Waals surface area contributed by atoms with E-state index in [4.69, 9.17) is 16.5 Å². The first-order valence-corrected chi connectivity index (χ1v) is 8.94. The molecule has 0 radical (unpaired) electrons. The summed E-state index contributed by atoms with van der Waals surface area (Å²) in [5, 5.41) is 6.21. The number of rotatable bonds is 6. The van der Waals surface area contributed by atoms with Crippen molar-refractivity contribution in [1.29, 1.82) is 0 Å². The van der Waals surface area contributed by atoms with E-state index in [1.807, 2.05) is 36.4 Å². The molecular weight excluding hydrogens is 324 g/mol. The molecule has 6 heteroatoms. The van der Waals surface area contributed by atoms with Crippen LogP contribution < -0.4 is 22.1 Å².